The maximum atomic E-state index is 12.1. The molecule has 1 aromatic heterocycles. The van der Waals surface area contributed by atoms with Crippen LogP contribution in [0.2, 0.25) is 0 Å². The van der Waals surface area contributed by atoms with Gasteiger partial charge in [-0.3, -0.25) is 4.79 Å². The molecule has 0 fully saturated rings. The first kappa shape index (κ1) is 12.8. The van der Waals surface area contributed by atoms with E-state index in [1.807, 2.05) is 44.2 Å². The summed E-state index contributed by atoms with van der Waals surface area (Å²) in [6, 6.07) is 9.69. The maximum absolute atomic E-state index is 12.1. The van der Waals surface area contributed by atoms with Crippen LogP contribution in [0.1, 0.15) is 22.4 Å². The first-order chi connectivity index (χ1) is 8.58. The van der Waals surface area contributed by atoms with E-state index in [4.69, 9.17) is 0 Å². The predicted octanol–water partition coefficient (Wildman–Crippen LogP) is 3.07. The van der Waals surface area contributed by atoms with Gasteiger partial charge in [0.25, 0.3) is 5.91 Å². The highest BCUT2D eigenvalue weighted by atomic mass is 32.1. The van der Waals surface area contributed by atoms with E-state index in [9.17, 15) is 4.79 Å². The Morgan fingerprint density at radius 2 is 2.06 bits per heavy atom. The van der Waals surface area contributed by atoms with Crippen molar-refractivity contribution in [3.05, 3.63) is 48.0 Å². The molecule has 1 N–H and O–H groups in total. The fraction of sp³-hybridized carbons (Fsp3) is 0.214. The van der Waals surface area contributed by atoms with Gasteiger partial charge in [0.05, 0.1) is 9.88 Å². The molecule has 2 aromatic rings. The Bertz CT molecular complexity index is 546. The first-order valence-corrected chi connectivity index (χ1v) is 6.56. The standard InChI is InChI=1S/C14H15N2OS/c1-9(2)15-14(17)12-13(18-10(3)16-12)11-7-5-4-6-8-11/h4-9H,1H2,2-3H3,(H,15,17)/t9-/m0/s1. The molecule has 0 aliphatic heterocycles. The molecule has 0 unspecified atom stereocenters. The van der Waals surface area contributed by atoms with Gasteiger partial charge in [-0.25, -0.2) is 4.98 Å². The molecule has 1 aromatic carbocycles. The Morgan fingerprint density at radius 3 is 2.67 bits per heavy atom. The average molecular weight is 259 g/mol. The van der Waals surface area contributed by atoms with Crippen LogP contribution in [0.4, 0.5) is 0 Å². The van der Waals surface area contributed by atoms with Crippen molar-refractivity contribution in [3.8, 4) is 10.4 Å². The summed E-state index contributed by atoms with van der Waals surface area (Å²) >= 11 is 1.53. The number of thiazole rings is 1. The topological polar surface area (TPSA) is 42.0 Å². The molecule has 18 heavy (non-hydrogen) atoms. The van der Waals surface area contributed by atoms with Crippen molar-refractivity contribution in [1.29, 1.82) is 0 Å². The number of hydrogen-bond acceptors (Lipinski definition) is 3. The SMILES string of the molecule is [CH2][C@@H](C)NC(=O)c1nc(C)sc1-c1ccccc1. The van der Waals surface area contributed by atoms with Gasteiger partial charge in [-0.15, -0.1) is 11.3 Å². The normalized spacial score (nSPS) is 10.7. The van der Waals surface area contributed by atoms with Gasteiger partial charge in [0.15, 0.2) is 0 Å². The van der Waals surface area contributed by atoms with Crippen LogP contribution in [-0.2, 0) is 0 Å². The quantitative estimate of drug-likeness (QED) is 0.920. The zero-order valence-corrected chi connectivity index (χ0v) is 11.3. The van der Waals surface area contributed by atoms with Crippen LogP contribution in [0.25, 0.3) is 10.4 Å². The highest BCUT2D eigenvalue weighted by Gasteiger charge is 2.18. The Morgan fingerprint density at radius 1 is 1.39 bits per heavy atom. The molecule has 1 atom stereocenters. The Labute approximate surface area is 111 Å². The van der Waals surface area contributed by atoms with Crippen LogP contribution in [-0.4, -0.2) is 16.9 Å². The number of amides is 1. The minimum absolute atomic E-state index is 0.136. The Kier molecular flexibility index (Phi) is 3.77. The molecule has 1 radical (unpaired) electrons. The van der Waals surface area contributed by atoms with Gasteiger partial charge in [0.2, 0.25) is 0 Å². The summed E-state index contributed by atoms with van der Waals surface area (Å²) in [6.07, 6.45) is 0. The van der Waals surface area contributed by atoms with E-state index in [0.717, 1.165) is 15.4 Å². The van der Waals surface area contributed by atoms with Gasteiger partial charge in [-0.2, -0.15) is 0 Å². The Hall–Kier alpha value is -1.68. The molecule has 0 spiro atoms. The van der Waals surface area contributed by atoms with Crippen LogP contribution < -0.4 is 5.32 Å². The lowest BCUT2D eigenvalue weighted by Crippen LogP contribution is -2.30. The lowest BCUT2D eigenvalue weighted by molar-refractivity contribution is 0.0943. The number of aromatic nitrogens is 1. The van der Waals surface area contributed by atoms with Crippen molar-refractivity contribution >= 4 is 17.2 Å². The van der Waals surface area contributed by atoms with Crippen molar-refractivity contribution in [2.75, 3.05) is 0 Å². The molecule has 0 aliphatic carbocycles. The van der Waals surface area contributed by atoms with Gasteiger partial charge >= 0.3 is 0 Å². The van der Waals surface area contributed by atoms with Crippen molar-refractivity contribution in [1.82, 2.24) is 10.3 Å². The average Bonchev–Trinajstić information content (AvgIpc) is 2.72. The zero-order valence-electron chi connectivity index (χ0n) is 10.4. The fourth-order valence-corrected chi connectivity index (χ4v) is 2.58. The molecule has 1 amide bonds. The first-order valence-electron chi connectivity index (χ1n) is 5.74. The van der Waals surface area contributed by atoms with E-state index < -0.39 is 0 Å². The molecule has 0 aliphatic rings. The summed E-state index contributed by atoms with van der Waals surface area (Å²) in [7, 11) is 0. The number of hydrogen-bond donors (Lipinski definition) is 1. The summed E-state index contributed by atoms with van der Waals surface area (Å²) in [6.45, 7) is 7.49. The van der Waals surface area contributed by atoms with Gasteiger partial charge in [-0.1, -0.05) is 30.3 Å². The third kappa shape index (κ3) is 2.76. The predicted molar refractivity (Wildman–Crippen MR) is 74.6 cm³/mol. The number of nitrogens with one attached hydrogen (secondary N) is 1. The third-order valence-electron chi connectivity index (χ3n) is 2.36. The molecule has 4 heteroatoms. The van der Waals surface area contributed by atoms with Crippen LogP contribution in [0.15, 0.2) is 30.3 Å². The van der Waals surface area contributed by atoms with Gasteiger partial charge in [-0.05, 0) is 26.3 Å². The summed E-state index contributed by atoms with van der Waals surface area (Å²) in [5.74, 6) is -0.166. The second-order valence-corrected chi connectivity index (χ2v) is 5.35. The van der Waals surface area contributed by atoms with Crippen molar-refractivity contribution in [3.63, 3.8) is 0 Å². The molecule has 2 rings (SSSR count). The fourth-order valence-electron chi connectivity index (χ4n) is 1.66. The van der Waals surface area contributed by atoms with Crippen molar-refractivity contribution in [2.24, 2.45) is 0 Å². The highest BCUT2D eigenvalue weighted by molar-refractivity contribution is 7.15. The highest BCUT2D eigenvalue weighted by Crippen LogP contribution is 2.29. The molecule has 93 valence electrons. The van der Waals surface area contributed by atoms with Gasteiger partial charge < -0.3 is 5.32 Å². The molecular weight excluding hydrogens is 244 g/mol. The molecule has 0 saturated carbocycles. The molecular formula is C14H15N2OS. The minimum atomic E-state index is -0.166. The van der Waals surface area contributed by atoms with Crippen molar-refractivity contribution < 1.29 is 4.79 Å². The largest absolute Gasteiger partial charge is 0.348 e. The van der Waals surface area contributed by atoms with Crippen LogP contribution >= 0.6 is 11.3 Å². The lowest BCUT2D eigenvalue weighted by Gasteiger charge is -2.07. The van der Waals surface area contributed by atoms with Crippen molar-refractivity contribution in [2.45, 2.75) is 19.9 Å². The second-order valence-electron chi connectivity index (χ2n) is 4.15. The molecule has 1 heterocycles. The van der Waals surface area contributed by atoms with E-state index in [-0.39, 0.29) is 11.9 Å². The summed E-state index contributed by atoms with van der Waals surface area (Å²) in [5.41, 5.74) is 1.50. The van der Waals surface area contributed by atoms with Crippen LogP contribution in [0.3, 0.4) is 0 Å². The summed E-state index contributed by atoms with van der Waals surface area (Å²) < 4.78 is 0. The second kappa shape index (κ2) is 5.31. The van der Waals surface area contributed by atoms with Gasteiger partial charge in [0, 0.05) is 6.04 Å². The summed E-state index contributed by atoms with van der Waals surface area (Å²) in [4.78, 5) is 17.3. The lowest BCUT2D eigenvalue weighted by atomic mass is 10.1. The number of benzene rings is 1. The number of aryl methyl sites for hydroxylation is 1. The van der Waals surface area contributed by atoms with E-state index in [0.29, 0.717) is 5.69 Å². The van der Waals surface area contributed by atoms with E-state index in [1.165, 1.54) is 11.3 Å². The summed E-state index contributed by atoms with van der Waals surface area (Å²) in [5, 5.41) is 3.66. The maximum Gasteiger partial charge on any atom is 0.271 e. The van der Waals surface area contributed by atoms with E-state index in [1.54, 1.807) is 0 Å². The smallest absolute Gasteiger partial charge is 0.271 e. The van der Waals surface area contributed by atoms with E-state index in [2.05, 4.69) is 17.2 Å². The monoisotopic (exact) mass is 259 g/mol. The number of carbonyl (C=O) groups excluding carboxylic acids is 1. The zero-order chi connectivity index (χ0) is 13.1. The van der Waals surface area contributed by atoms with Gasteiger partial charge in [0.1, 0.15) is 5.69 Å². The molecule has 0 saturated heterocycles. The third-order valence-corrected chi connectivity index (χ3v) is 3.38. The Balaban J connectivity index is 2.40. The number of carbonyl (C=O) groups is 1. The van der Waals surface area contributed by atoms with Crippen LogP contribution in [0.5, 0.6) is 0 Å². The molecule has 0 bridgehead atoms. The minimum Gasteiger partial charge on any atom is -0.348 e. The number of rotatable bonds is 3. The van der Waals surface area contributed by atoms with E-state index >= 15 is 0 Å². The number of nitrogens with zero attached hydrogens (tertiary/aromatic N) is 1. The van der Waals surface area contributed by atoms with Crippen LogP contribution in [0, 0.1) is 13.8 Å². The molecule has 3 nitrogen and oxygen atoms in total.